The van der Waals surface area contributed by atoms with Crippen molar-refractivity contribution < 1.29 is 9.47 Å². The van der Waals surface area contributed by atoms with Crippen molar-refractivity contribution >= 4 is 23.1 Å². The van der Waals surface area contributed by atoms with E-state index < -0.39 is 0 Å². The summed E-state index contributed by atoms with van der Waals surface area (Å²) < 4.78 is 11.6. The van der Waals surface area contributed by atoms with Crippen molar-refractivity contribution in [2.75, 3.05) is 57.6 Å². The Morgan fingerprint density at radius 1 is 0.892 bits per heavy atom. The van der Waals surface area contributed by atoms with Gasteiger partial charge in [-0.2, -0.15) is 4.98 Å². The third kappa shape index (κ3) is 6.90. The number of nitrogens with one attached hydrogen (secondary N) is 2. The number of rotatable bonds is 10. The normalized spacial score (nSPS) is 16.2. The van der Waals surface area contributed by atoms with E-state index in [-0.39, 0.29) is 0 Å². The molecule has 5 rings (SSSR count). The Bertz CT molecular complexity index is 1180. The molecule has 3 heterocycles. The Balaban J connectivity index is 1.17. The van der Waals surface area contributed by atoms with Crippen LogP contribution in [0.1, 0.15) is 36.8 Å². The Kier molecular flexibility index (Phi) is 8.38. The predicted octanol–water partition coefficient (Wildman–Crippen LogP) is 5.22. The molecule has 2 aliphatic rings. The van der Waals surface area contributed by atoms with E-state index in [1.54, 1.807) is 13.3 Å². The van der Waals surface area contributed by atoms with Gasteiger partial charge in [0.05, 0.1) is 13.7 Å². The van der Waals surface area contributed by atoms with E-state index in [1.807, 2.05) is 24.3 Å². The highest BCUT2D eigenvalue weighted by molar-refractivity contribution is 5.63. The van der Waals surface area contributed by atoms with Crippen LogP contribution in [-0.4, -0.2) is 66.7 Å². The standard InChI is InChI=1S/C29H38N6O2/c1-34-17-12-22-19-24(8-7-23(22)21-34)31-28-11-13-30-29(33-28)32-25-9-10-26(27(20-25)36-2)37-18-6-16-35-14-4-3-5-15-35/h7-11,13,19-20H,3-6,12,14-18,21H2,1-2H3,(H2,30,31,32,33). The smallest absolute Gasteiger partial charge is 0.229 e. The number of hydrogen-bond acceptors (Lipinski definition) is 8. The zero-order chi connectivity index (χ0) is 25.5. The molecule has 0 radical (unpaired) electrons. The van der Waals surface area contributed by atoms with Crippen LogP contribution in [0.3, 0.4) is 0 Å². The fourth-order valence-corrected chi connectivity index (χ4v) is 5.06. The third-order valence-electron chi connectivity index (χ3n) is 7.08. The minimum absolute atomic E-state index is 0.516. The topological polar surface area (TPSA) is 74.8 Å². The highest BCUT2D eigenvalue weighted by Gasteiger charge is 2.14. The highest BCUT2D eigenvalue weighted by atomic mass is 16.5. The van der Waals surface area contributed by atoms with Crippen LogP contribution in [0.5, 0.6) is 11.5 Å². The molecule has 0 bridgehead atoms. The van der Waals surface area contributed by atoms with Gasteiger partial charge in [-0.3, -0.25) is 0 Å². The molecule has 2 N–H and O–H groups in total. The minimum atomic E-state index is 0.516. The summed E-state index contributed by atoms with van der Waals surface area (Å²) in [5.74, 6) is 2.70. The van der Waals surface area contributed by atoms with E-state index in [0.29, 0.717) is 18.3 Å². The second-order valence-corrected chi connectivity index (χ2v) is 9.96. The van der Waals surface area contributed by atoms with E-state index in [4.69, 9.17) is 9.47 Å². The Labute approximate surface area is 220 Å². The number of ether oxygens (including phenoxy) is 2. The lowest BCUT2D eigenvalue weighted by molar-refractivity contribution is 0.203. The number of anilines is 4. The fraction of sp³-hybridized carbons (Fsp3) is 0.448. The Morgan fingerprint density at radius 3 is 2.59 bits per heavy atom. The molecule has 1 saturated heterocycles. The molecule has 0 aliphatic carbocycles. The summed E-state index contributed by atoms with van der Waals surface area (Å²) in [4.78, 5) is 13.9. The molecule has 8 heteroatoms. The minimum Gasteiger partial charge on any atom is -0.493 e. The van der Waals surface area contributed by atoms with Crippen molar-refractivity contribution in [2.24, 2.45) is 0 Å². The first-order valence-corrected chi connectivity index (χ1v) is 13.4. The van der Waals surface area contributed by atoms with Crippen molar-refractivity contribution in [3.05, 3.63) is 59.8 Å². The number of benzene rings is 2. The molecule has 8 nitrogen and oxygen atoms in total. The summed E-state index contributed by atoms with van der Waals surface area (Å²) >= 11 is 0. The SMILES string of the molecule is COc1cc(Nc2nccc(Nc3ccc4c(c3)CCN(C)C4)n2)ccc1OCCCN1CCCCC1. The summed E-state index contributed by atoms with van der Waals surface area (Å²) in [5.41, 5.74) is 4.67. The van der Waals surface area contributed by atoms with E-state index in [2.05, 4.69) is 55.6 Å². The van der Waals surface area contributed by atoms with Crippen LogP contribution in [0.2, 0.25) is 0 Å². The van der Waals surface area contributed by atoms with Crippen molar-refractivity contribution in [3.8, 4) is 11.5 Å². The van der Waals surface area contributed by atoms with Gasteiger partial charge in [-0.05, 0) is 87.3 Å². The Morgan fingerprint density at radius 2 is 1.73 bits per heavy atom. The maximum absolute atomic E-state index is 6.03. The molecular formula is C29H38N6O2. The number of aromatic nitrogens is 2. The number of likely N-dealkylation sites (N-methyl/N-ethyl adjacent to an activating group) is 1. The molecule has 0 atom stereocenters. The first kappa shape index (κ1) is 25.3. The van der Waals surface area contributed by atoms with Crippen molar-refractivity contribution in [1.82, 2.24) is 19.8 Å². The van der Waals surface area contributed by atoms with Crippen LogP contribution < -0.4 is 20.1 Å². The molecular weight excluding hydrogens is 464 g/mol. The van der Waals surface area contributed by atoms with Gasteiger partial charge in [0.25, 0.3) is 0 Å². The van der Waals surface area contributed by atoms with Gasteiger partial charge >= 0.3 is 0 Å². The van der Waals surface area contributed by atoms with Gasteiger partial charge < -0.3 is 29.9 Å². The maximum atomic E-state index is 6.03. The second kappa shape index (κ2) is 12.3. The fourth-order valence-electron chi connectivity index (χ4n) is 5.06. The van der Waals surface area contributed by atoms with Crippen LogP contribution in [-0.2, 0) is 13.0 Å². The van der Waals surface area contributed by atoms with E-state index >= 15 is 0 Å². The van der Waals surface area contributed by atoms with Gasteiger partial charge in [-0.15, -0.1) is 0 Å². The van der Waals surface area contributed by atoms with E-state index in [0.717, 1.165) is 55.4 Å². The lowest BCUT2D eigenvalue weighted by Gasteiger charge is -2.26. The average Bonchev–Trinajstić information content (AvgIpc) is 2.92. The summed E-state index contributed by atoms with van der Waals surface area (Å²) in [6.45, 7) is 6.29. The van der Waals surface area contributed by atoms with Gasteiger partial charge in [0.15, 0.2) is 11.5 Å². The monoisotopic (exact) mass is 502 g/mol. The first-order chi connectivity index (χ1) is 18.2. The number of hydrogen-bond donors (Lipinski definition) is 2. The molecule has 2 aliphatic heterocycles. The summed E-state index contributed by atoms with van der Waals surface area (Å²) in [5, 5.41) is 6.71. The van der Waals surface area contributed by atoms with Crippen LogP contribution >= 0.6 is 0 Å². The summed E-state index contributed by atoms with van der Waals surface area (Å²) in [7, 11) is 3.83. The first-order valence-electron chi connectivity index (χ1n) is 13.4. The van der Waals surface area contributed by atoms with Crippen molar-refractivity contribution in [2.45, 2.75) is 38.6 Å². The van der Waals surface area contributed by atoms with Crippen LogP contribution in [0.15, 0.2) is 48.7 Å². The quantitative estimate of drug-likeness (QED) is 0.366. The number of fused-ring (bicyclic) bond motifs is 1. The summed E-state index contributed by atoms with van der Waals surface area (Å²) in [6, 6.07) is 14.2. The van der Waals surface area contributed by atoms with Crippen LogP contribution in [0, 0.1) is 0 Å². The molecule has 0 unspecified atom stereocenters. The largest absolute Gasteiger partial charge is 0.493 e. The van der Waals surface area contributed by atoms with Crippen molar-refractivity contribution in [3.63, 3.8) is 0 Å². The van der Waals surface area contributed by atoms with Gasteiger partial charge in [-0.25, -0.2) is 4.98 Å². The number of likely N-dealkylation sites (tertiary alicyclic amines) is 1. The summed E-state index contributed by atoms with van der Waals surface area (Å²) in [6.07, 6.45) is 7.83. The number of piperidine rings is 1. The molecule has 1 aromatic heterocycles. The second-order valence-electron chi connectivity index (χ2n) is 9.96. The lowest BCUT2D eigenvalue weighted by Crippen LogP contribution is -2.31. The van der Waals surface area contributed by atoms with E-state index in [9.17, 15) is 0 Å². The lowest BCUT2D eigenvalue weighted by atomic mass is 9.99. The molecule has 37 heavy (non-hydrogen) atoms. The number of nitrogens with zero attached hydrogens (tertiary/aromatic N) is 4. The molecule has 1 fully saturated rings. The molecule has 196 valence electrons. The zero-order valence-corrected chi connectivity index (χ0v) is 22.0. The predicted molar refractivity (Wildman–Crippen MR) is 148 cm³/mol. The molecule has 3 aromatic rings. The zero-order valence-electron chi connectivity index (χ0n) is 22.0. The van der Waals surface area contributed by atoms with Crippen LogP contribution in [0.4, 0.5) is 23.1 Å². The molecule has 0 amide bonds. The highest BCUT2D eigenvalue weighted by Crippen LogP contribution is 2.31. The molecule has 2 aromatic carbocycles. The van der Waals surface area contributed by atoms with Gasteiger partial charge in [0.2, 0.25) is 5.95 Å². The molecule has 0 saturated carbocycles. The van der Waals surface area contributed by atoms with Crippen LogP contribution in [0.25, 0.3) is 0 Å². The maximum Gasteiger partial charge on any atom is 0.229 e. The van der Waals surface area contributed by atoms with E-state index in [1.165, 1.54) is 43.5 Å². The van der Waals surface area contributed by atoms with Crippen molar-refractivity contribution in [1.29, 1.82) is 0 Å². The third-order valence-corrected chi connectivity index (χ3v) is 7.08. The van der Waals surface area contributed by atoms with Gasteiger partial charge in [0.1, 0.15) is 5.82 Å². The van der Waals surface area contributed by atoms with Gasteiger partial charge in [-0.1, -0.05) is 12.5 Å². The Hall–Kier alpha value is -3.36. The number of methoxy groups -OCH3 is 1. The average molecular weight is 503 g/mol. The van der Waals surface area contributed by atoms with Gasteiger partial charge in [0, 0.05) is 43.3 Å². The molecule has 0 spiro atoms.